The molecule has 2 aromatic carbocycles. The lowest BCUT2D eigenvalue weighted by molar-refractivity contribution is -0.121. The summed E-state index contributed by atoms with van der Waals surface area (Å²) in [6.45, 7) is 0.272. The molecule has 0 spiro atoms. The molecule has 24 heavy (non-hydrogen) atoms. The Morgan fingerprint density at radius 1 is 0.875 bits per heavy atom. The molecule has 0 fully saturated rings. The normalized spacial score (nSPS) is 13.1. The van der Waals surface area contributed by atoms with Crippen molar-refractivity contribution in [3.8, 4) is 0 Å². The average molecular weight is 322 g/mol. The maximum absolute atomic E-state index is 12.2. The Morgan fingerprint density at radius 2 is 1.46 bits per heavy atom. The fraction of sp³-hybridized carbons (Fsp3) is 0.211. The first kappa shape index (κ1) is 15.9. The highest BCUT2D eigenvalue weighted by molar-refractivity contribution is 6.22. The Labute approximate surface area is 140 Å². The van der Waals surface area contributed by atoms with Gasteiger partial charge in [0, 0.05) is 6.54 Å². The Hall–Kier alpha value is -2.95. The van der Waals surface area contributed by atoms with Gasteiger partial charge in [-0.05, 0) is 30.5 Å². The number of rotatable bonds is 6. The van der Waals surface area contributed by atoms with Crippen LogP contribution in [-0.2, 0) is 11.2 Å². The van der Waals surface area contributed by atoms with Gasteiger partial charge in [0.1, 0.15) is 6.54 Å². The van der Waals surface area contributed by atoms with Crippen molar-refractivity contribution in [1.82, 2.24) is 10.2 Å². The summed E-state index contributed by atoms with van der Waals surface area (Å²) in [5.74, 6) is -1.14. The van der Waals surface area contributed by atoms with Gasteiger partial charge in [-0.1, -0.05) is 42.5 Å². The summed E-state index contributed by atoms with van der Waals surface area (Å²) in [4.78, 5) is 37.4. The molecule has 3 rings (SSSR count). The predicted molar refractivity (Wildman–Crippen MR) is 89.6 cm³/mol. The molecular weight excluding hydrogens is 304 g/mol. The van der Waals surface area contributed by atoms with Crippen LogP contribution in [0.5, 0.6) is 0 Å². The summed E-state index contributed by atoms with van der Waals surface area (Å²) >= 11 is 0. The first-order valence-electron chi connectivity index (χ1n) is 7.92. The molecule has 0 saturated carbocycles. The molecular formula is C19H18N2O3. The second kappa shape index (κ2) is 7.08. The predicted octanol–water partition coefficient (Wildman–Crippen LogP) is 2.03. The molecule has 122 valence electrons. The Balaban J connectivity index is 1.48. The molecule has 0 aliphatic carbocycles. The van der Waals surface area contributed by atoms with Crippen molar-refractivity contribution >= 4 is 17.7 Å². The lowest BCUT2D eigenvalue weighted by Crippen LogP contribution is -2.40. The zero-order chi connectivity index (χ0) is 16.9. The number of benzene rings is 2. The van der Waals surface area contributed by atoms with Gasteiger partial charge in [0.15, 0.2) is 0 Å². The van der Waals surface area contributed by atoms with Crippen molar-refractivity contribution in [3.05, 3.63) is 71.3 Å². The zero-order valence-electron chi connectivity index (χ0n) is 13.2. The van der Waals surface area contributed by atoms with Gasteiger partial charge in [-0.15, -0.1) is 0 Å². The minimum Gasteiger partial charge on any atom is -0.355 e. The Bertz CT molecular complexity index is 736. The van der Waals surface area contributed by atoms with E-state index < -0.39 is 11.8 Å². The second-order valence-corrected chi connectivity index (χ2v) is 5.68. The van der Waals surface area contributed by atoms with Crippen molar-refractivity contribution in [2.24, 2.45) is 0 Å². The number of amides is 3. The van der Waals surface area contributed by atoms with Crippen molar-refractivity contribution in [1.29, 1.82) is 0 Å². The Kier molecular flexibility index (Phi) is 4.70. The van der Waals surface area contributed by atoms with Crippen LogP contribution in [0.4, 0.5) is 0 Å². The van der Waals surface area contributed by atoms with E-state index >= 15 is 0 Å². The van der Waals surface area contributed by atoms with Crippen LogP contribution in [0.2, 0.25) is 0 Å². The van der Waals surface area contributed by atoms with Crippen LogP contribution in [0.25, 0.3) is 0 Å². The molecule has 1 aliphatic rings. The first-order chi connectivity index (χ1) is 11.7. The van der Waals surface area contributed by atoms with E-state index in [1.807, 2.05) is 30.3 Å². The van der Waals surface area contributed by atoms with E-state index in [0.717, 1.165) is 17.7 Å². The summed E-state index contributed by atoms with van der Waals surface area (Å²) in [6, 6.07) is 16.6. The summed E-state index contributed by atoms with van der Waals surface area (Å²) in [6.07, 6.45) is 1.67. The third-order valence-corrected chi connectivity index (χ3v) is 3.99. The molecule has 1 aliphatic heterocycles. The number of aryl methyl sites for hydroxylation is 1. The van der Waals surface area contributed by atoms with E-state index in [1.165, 1.54) is 5.56 Å². The average Bonchev–Trinajstić information content (AvgIpc) is 2.85. The summed E-state index contributed by atoms with van der Waals surface area (Å²) in [5, 5.41) is 2.76. The standard InChI is InChI=1S/C19H18N2O3/c22-17(20-12-6-9-14-7-2-1-3-8-14)13-21-18(23)15-10-4-5-11-16(15)19(21)24/h1-5,7-8,10-11H,6,9,12-13H2,(H,20,22). The summed E-state index contributed by atoms with van der Waals surface area (Å²) < 4.78 is 0. The summed E-state index contributed by atoms with van der Waals surface area (Å²) in [5.41, 5.74) is 1.94. The number of fused-ring (bicyclic) bond motifs is 1. The van der Waals surface area contributed by atoms with E-state index in [4.69, 9.17) is 0 Å². The molecule has 0 bridgehead atoms. The lowest BCUT2D eigenvalue weighted by atomic mass is 10.1. The first-order valence-corrected chi connectivity index (χ1v) is 7.92. The SMILES string of the molecule is O=C(CN1C(=O)c2ccccc2C1=O)NCCCc1ccccc1. The third kappa shape index (κ3) is 3.35. The van der Waals surface area contributed by atoms with Gasteiger partial charge in [-0.25, -0.2) is 0 Å². The minimum absolute atomic E-state index is 0.238. The molecule has 3 amide bonds. The van der Waals surface area contributed by atoms with Crippen LogP contribution in [0.3, 0.4) is 0 Å². The van der Waals surface area contributed by atoms with Gasteiger partial charge < -0.3 is 5.32 Å². The zero-order valence-corrected chi connectivity index (χ0v) is 13.2. The topological polar surface area (TPSA) is 66.5 Å². The second-order valence-electron chi connectivity index (χ2n) is 5.68. The molecule has 0 aromatic heterocycles. The fourth-order valence-electron chi connectivity index (χ4n) is 2.75. The number of carbonyl (C=O) groups is 3. The van der Waals surface area contributed by atoms with Crippen molar-refractivity contribution in [3.63, 3.8) is 0 Å². The van der Waals surface area contributed by atoms with Crippen LogP contribution in [0, 0.1) is 0 Å². The number of hydrogen-bond donors (Lipinski definition) is 1. The molecule has 5 nitrogen and oxygen atoms in total. The quantitative estimate of drug-likeness (QED) is 0.654. The maximum Gasteiger partial charge on any atom is 0.262 e. The minimum atomic E-state index is -0.407. The highest BCUT2D eigenvalue weighted by atomic mass is 16.2. The van der Waals surface area contributed by atoms with Crippen LogP contribution in [0.1, 0.15) is 32.7 Å². The molecule has 0 unspecified atom stereocenters. The highest BCUT2D eigenvalue weighted by Crippen LogP contribution is 2.21. The van der Waals surface area contributed by atoms with Crippen LogP contribution >= 0.6 is 0 Å². The van der Waals surface area contributed by atoms with Crippen molar-refractivity contribution < 1.29 is 14.4 Å². The van der Waals surface area contributed by atoms with Crippen LogP contribution < -0.4 is 5.32 Å². The molecule has 2 aromatic rings. The van der Waals surface area contributed by atoms with Crippen molar-refractivity contribution in [2.45, 2.75) is 12.8 Å². The molecule has 1 N–H and O–H groups in total. The smallest absolute Gasteiger partial charge is 0.262 e. The van der Waals surface area contributed by atoms with Gasteiger partial charge >= 0.3 is 0 Å². The molecule has 0 atom stereocenters. The molecule has 5 heteroatoms. The highest BCUT2D eigenvalue weighted by Gasteiger charge is 2.36. The molecule has 0 saturated heterocycles. The third-order valence-electron chi connectivity index (χ3n) is 3.99. The number of hydrogen-bond acceptors (Lipinski definition) is 3. The van der Waals surface area contributed by atoms with Crippen molar-refractivity contribution in [2.75, 3.05) is 13.1 Å². The largest absolute Gasteiger partial charge is 0.355 e. The number of imide groups is 1. The van der Waals surface area contributed by atoms with E-state index in [2.05, 4.69) is 5.32 Å². The number of nitrogens with zero attached hydrogens (tertiary/aromatic N) is 1. The fourth-order valence-corrected chi connectivity index (χ4v) is 2.75. The van der Waals surface area contributed by atoms with Gasteiger partial charge in [0.25, 0.3) is 11.8 Å². The van der Waals surface area contributed by atoms with Gasteiger partial charge in [0.05, 0.1) is 11.1 Å². The molecule has 0 radical (unpaired) electrons. The van der Waals surface area contributed by atoms with E-state index in [0.29, 0.717) is 17.7 Å². The van der Waals surface area contributed by atoms with E-state index in [-0.39, 0.29) is 12.5 Å². The van der Waals surface area contributed by atoms with E-state index in [1.54, 1.807) is 24.3 Å². The van der Waals surface area contributed by atoms with Gasteiger partial charge in [-0.3, -0.25) is 19.3 Å². The number of nitrogens with one attached hydrogen (secondary N) is 1. The monoisotopic (exact) mass is 322 g/mol. The number of carbonyl (C=O) groups excluding carboxylic acids is 3. The van der Waals surface area contributed by atoms with Gasteiger partial charge in [0.2, 0.25) is 5.91 Å². The lowest BCUT2D eigenvalue weighted by Gasteiger charge is -2.13. The van der Waals surface area contributed by atoms with E-state index in [9.17, 15) is 14.4 Å². The summed E-state index contributed by atoms with van der Waals surface area (Å²) in [7, 11) is 0. The Morgan fingerprint density at radius 3 is 2.08 bits per heavy atom. The maximum atomic E-state index is 12.2. The van der Waals surface area contributed by atoms with Gasteiger partial charge in [-0.2, -0.15) is 0 Å². The van der Waals surface area contributed by atoms with Crippen LogP contribution in [0.15, 0.2) is 54.6 Å². The molecule has 1 heterocycles. The van der Waals surface area contributed by atoms with Crippen LogP contribution in [-0.4, -0.2) is 35.7 Å².